The molecule has 0 saturated carbocycles. The summed E-state index contributed by atoms with van der Waals surface area (Å²) in [6.45, 7) is 1.07. The van der Waals surface area contributed by atoms with Gasteiger partial charge in [0.15, 0.2) is 0 Å². The molecule has 0 aliphatic carbocycles. The van der Waals surface area contributed by atoms with E-state index in [-0.39, 0.29) is 24.1 Å². The molecule has 8 nitrogen and oxygen atoms in total. The van der Waals surface area contributed by atoms with Crippen molar-refractivity contribution in [2.75, 3.05) is 36.5 Å². The van der Waals surface area contributed by atoms with Crippen LogP contribution in [0.15, 0.2) is 18.2 Å². The number of nitrogens with zero attached hydrogens (tertiary/aromatic N) is 2. The van der Waals surface area contributed by atoms with Crippen LogP contribution in [0.2, 0.25) is 0 Å². The lowest BCUT2D eigenvalue weighted by molar-refractivity contribution is -0.384. The normalized spacial score (nSPS) is 18.1. The van der Waals surface area contributed by atoms with Crippen LogP contribution in [0, 0.1) is 16.0 Å². The summed E-state index contributed by atoms with van der Waals surface area (Å²) in [4.78, 5) is 24.0. The number of nitro groups is 1. The Bertz CT molecular complexity index is 549. The average Bonchev–Trinajstić information content (AvgIpc) is 2.85. The van der Waals surface area contributed by atoms with Gasteiger partial charge in [-0.05, 0) is 18.5 Å². The number of aliphatic hydroxyl groups excluding tert-OH is 1. The molecule has 0 spiro atoms. The Morgan fingerprint density at radius 1 is 1.52 bits per heavy atom. The highest BCUT2D eigenvalue weighted by molar-refractivity contribution is 5.99. The molecule has 2 rings (SSSR count). The third kappa shape index (κ3) is 3.29. The number of benzene rings is 1. The fourth-order valence-electron chi connectivity index (χ4n) is 2.37. The van der Waals surface area contributed by atoms with Gasteiger partial charge in [-0.25, -0.2) is 0 Å². The highest BCUT2D eigenvalue weighted by atomic mass is 16.6. The molecule has 1 atom stereocenters. The van der Waals surface area contributed by atoms with Crippen molar-refractivity contribution in [3.05, 3.63) is 28.3 Å². The quantitative estimate of drug-likeness (QED) is 0.513. The zero-order valence-corrected chi connectivity index (χ0v) is 11.5. The molecule has 4 N–H and O–H groups in total. The topological polar surface area (TPSA) is 122 Å². The molecule has 1 fully saturated rings. The van der Waals surface area contributed by atoms with E-state index in [0.717, 1.165) is 0 Å². The fraction of sp³-hybridized carbons (Fsp3) is 0.462. The summed E-state index contributed by atoms with van der Waals surface area (Å²) in [5, 5.41) is 22.8. The van der Waals surface area contributed by atoms with Crippen molar-refractivity contribution >= 4 is 23.0 Å². The minimum atomic E-state index is -0.500. The lowest BCUT2D eigenvalue weighted by Crippen LogP contribution is -2.27. The molecule has 1 unspecified atom stereocenters. The molecular formula is C13H18N4O4. The largest absolute Gasteiger partial charge is 0.395 e. The number of nitrogens with two attached hydrogens (primary N) is 1. The Morgan fingerprint density at radius 2 is 2.29 bits per heavy atom. The molecule has 21 heavy (non-hydrogen) atoms. The van der Waals surface area contributed by atoms with Crippen molar-refractivity contribution in [2.24, 2.45) is 11.7 Å². The van der Waals surface area contributed by atoms with Crippen molar-refractivity contribution in [1.82, 2.24) is 0 Å². The van der Waals surface area contributed by atoms with Gasteiger partial charge in [0.05, 0.1) is 22.9 Å². The summed E-state index contributed by atoms with van der Waals surface area (Å²) < 4.78 is 0. The fourth-order valence-corrected chi connectivity index (χ4v) is 2.37. The second-order valence-corrected chi connectivity index (χ2v) is 4.92. The Balaban J connectivity index is 2.36. The van der Waals surface area contributed by atoms with Gasteiger partial charge in [0.2, 0.25) is 5.91 Å². The average molecular weight is 294 g/mol. The number of nitrogens with one attached hydrogen (secondary N) is 1. The van der Waals surface area contributed by atoms with Crippen molar-refractivity contribution in [3.8, 4) is 0 Å². The van der Waals surface area contributed by atoms with E-state index < -0.39 is 4.92 Å². The molecule has 1 heterocycles. The lowest BCUT2D eigenvalue weighted by Gasteiger charge is -2.20. The monoisotopic (exact) mass is 294 g/mol. The molecular weight excluding hydrogens is 276 g/mol. The molecule has 0 bridgehead atoms. The first kappa shape index (κ1) is 15.2. The number of carbonyl (C=O) groups is 1. The summed E-state index contributed by atoms with van der Waals surface area (Å²) in [5.74, 6) is -0.0412. The van der Waals surface area contributed by atoms with Gasteiger partial charge in [-0.15, -0.1) is 0 Å². The predicted octanol–water partition coefficient (Wildman–Crippen LogP) is 0.311. The Labute approximate surface area is 121 Å². The second kappa shape index (κ2) is 6.51. The first-order valence-electron chi connectivity index (χ1n) is 6.70. The van der Waals surface area contributed by atoms with Crippen LogP contribution in [0.25, 0.3) is 0 Å². The molecule has 0 radical (unpaired) electrons. The standard InChI is InChI=1S/C13H18N4O4/c14-7-9-5-13(19)16(8-9)12-6-10(17(20)21)1-2-11(12)15-3-4-18/h1-2,6,9,15,18H,3-5,7-8,14H2. The van der Waals surface area contributed by atoms with E-state index in [0.29, 0.717) is 37.4 Å². The molecule has 1 saturated heterocycles. The number of amides is 1. The van der Waals surface area contributed by atoms with Crippen molar-refractivity contribution < 1.29 is 14.8 Å². The SMILES string of the molecule is NCC1CC(=O)N(c2cc([N+](=O)[O-])ccc2NCCO)C1. The summed E-state index contributed by atoms with van der Waals surface area (Å²) in [5.41, 5.74) is 6.56. The number of anilines is 2. The number of non-ortho nitro benzene ring substituents is 1. The smallest absolute Gasteiger partial charge is 0.271 e. The maximum absolute atomic E-state index is 12.1. The number of carbonyl (C=O) groups excluding carboxylic acids is 1. The number of hydrogen-bond donors (Lipinski definition) is 3. The maximum atomic E-state index is 12.1. The first-order chi connectivity index (χ1) is 10.1. The number of aliphatic hydroxyl groups is 1. The summed E-state index contributed by atoms with van der Waals surface area (Å²) in [7, 11) is 0. The van der Waals surface area contributed by atoms with Crippen molar-refractivity contribution in [1.29, 1.82) is 0 Å². The zero-order valence-electron chi connectivity index (χ0n) is 11.5. The third-order valence-electron chi connectivity index (χ3n) is 3.45. The summed E-state index contributed by atoms with van der Waals surface area (Å²) in [6.07, 6.45) is 0.346. The van der Waals surface area contributed by atoms with E-state index in [9.17, 15) is 14.9 Å². The molecule has 0 aromatic heterocycles. The van der Waals surface area contributed by atoms with Crippen LogP contribution in [0.3, 0.4) is 0 Å². The Hall–Kier alpha value is -2.19. The van der Waals surface area contributed by atoms with Gasteiger partial charge >= 0.3 is 0 Å². The minimum absolute atomic E-state index is 0.0578. The van der Waals surface area contributed by atoms with E-state index in [1.165, 1.54) is 17.0 Å². The number of rotatable bonds is 6. The highest BCUT2D eigenvalue weighted by Crippen LogP contribution is 2.34. The lowest BCUT2D eigenvalue weighted by atomic mass is 10.1. The van der Waals surface area contributed by atoms with Crippen LogP contribution >= 0.6 is 0 Å². The minimum Gasteiger partial charge on any atom is -0.395 e. The van der Waals surface area contributed by atoms with E-state index >= 15 is 0 Å². The van der Waals surface area contributed by atoms with Crippen LogP contribution in [-0.4, -0.2) is 42.2 Å². The van der Waals surface area contributed by atoms with Crippen molar-refractivity contribution in [2.45, 2.75) is 6.42 Å². The van der Waals surface area contributed by atoms with Crippen LogP contribution < -0.4 is 16.0 Å². The molecule has 8 heteroatoms. The molecule has 114 valence electrons. The second-order valence-electron chi connectivity index (χ2n) is 4.92. The number of nitro benzene ring substituents is 1. The van der Waals surface area contributed by atoms with Gasteiger partial charge in [0.25, 0.3) is 5.69 Å². The maximum Gasteiger partial charge on any atom is 0.271 e. The van der Waals surface area contributed by atoms with Gasteiger partial charge in [0, 0.05) is 31.6 Å². The number of hydrogen-bond acceptors (Lipinski definition) is 6. The van der Waals surface area contributed by atoms with E-state index in [2.05, 4.69) is 5.32 Å². The third-order valence-corrected chi connectivity index (χ3v) is 3.45. The van der Waals surface area contributed by atoms with Gasteiger partial charge in [-0.2, -0.15) is 0 Å². The Morgan fingerprint density at radius 3 is 2.86 bits per heavy atom. The van der Waals surface area contributed by atoms with Gasteiger partial charge in [-0.1, -0.05) is 0 Å². The van der Waals surface area contributed by atoms with Crippen LogP contribution in [0.4, 0.5) is 17.1 Å². The van der Waals surface area contributed by atoms with Gasteiger partial charge < -0.3 is 21.1 Å². The summed E-state index contributed by atoms with van der Waals surface area (Å²) in [6, 6.07) is 4.28. The Kier molecular flexibility index (Phi) is 4.71. The van der Waals surface area contributed by atoms with Crippen molar-refractivity contribution in [3.63, 3.8) is 0 Å². The molecule has 1 aliphatic rings. The van der Waals surface area contributed by atoms with E-state index in [1.807, 2.05) is 0 Å². The van der Waals surface area contributed by atoms with Gasteiger partial charge in [-0.3, -0.25) is 14.9 Å². The molecule has 1 aliphatic heterocycles. The van der Waals surface area contributed by atoms with E-state index in [4.69, 9.17) is 10.8 Å². The highest BCUT2D eigenvalue weighted by Gasteiger charge is 2.31. The molecule has 1 aromatic rings. The van der Waals surface area contributed by atoms with Gasteiger partial charge in [0.1, 0.15) is 0 Å². The summed E-state index contributed by atoms with van der Waals surface area (Å²) >= 11 is 0. The van der Waals surface area contributed by atoms with Crippen LogP contribution in [0.5, 0.6) is 0 Å². The van der Waals surface area contributed by atoms with E-state index in [1.54, 1.807) is 6.07 Å². The first-order valence-corrected chi connectivity index (χ1v) is 6.70. The zero-order chi connectivity index (χ0) is 15.4. The van der Waals surface area contributed by atoms with Crippen LogP contribution in [-0.2, 0) is 4.79 Å². The molecule has 1 aromatic carbocycles. The van der Waals surface area contributed by atoms with Crippen LogP contribution in [0.1, 0.15) is 6.42 Å². The predicted molar refractivity (Wildman–Crippen MR) is 78.2 cm³/mol. The molecule has 1 amide bonds.